The minimum atomic E-state index is 0.696. The molecule has 0 spiro atoms. The van der Waals surface area contributed by atoms with E-state index in [1.54, 1.807) is 0 Å². The molecule has 0 saturated heterocycles. The summed E-state index contributed by atoms with van der Waals surface area (Å²) in [5.74, 6) is 0.696. The maximum Gasteiger partial charge on any atom is 0.160 e. The van der Waals surface area contributed by atoms with Gasteiger partial charge >= 0.3 is 0 Å². The molecule has 0 unspecified atom stereocenters. The molecular weight excluding hydrogens is 691 g/mol. The van der Waals surface area contributed by atoms with Crippen LogP contribution in [0.5, 0.6) is 0 Å². The average molecular weight is 726 g/mol. The fourth-order valence-electron chi connectivity index (χ4n) is 8.48. The molecule has 57 heavy (non-hydrogen) atoms. The standard InChI is InChI=1S/C54H35N3/c1-3-14-36(15-4-1)41-19-13-20-42(34-41)50-35-49(39-17-5-2-6-18-39)55-54(56-50)40-28-26-38(27-29-40)43-32-33-52(46-23-10-9-22-45(43)46)57-51-25-12-11-24-47(51)48-31-30-37-16-7-8-21-44(37)53(48)57/h1-35H. The van der Waals surface area contributed by atoms with E-state index < -0.39 is 0 Å². The van der Waals surface area contributed by atoms with Gasteiger partial charge in [0.25, 0.3) is 0 Å². The molecule has 0 saturated carbocycles. The number of aromatic nitrogens is 3. The Hall–Kier alpha value is -7.62. The second-order valence-corrected chi connectivity index (χ2v) is 14.6. The second-order valence-electron chi connectivity index (χ2n) is 14.6. The van der Waals surface area contributed by atoms with Gasteiger partial charge in [-0.2, -0.15) is 0 Å². The van der Waals surface area contributed by atoms with Crippen molar-refractivity contribution in [1.29, 1.82) is 0 Å². The molecule has 266 valence electrons. The van der Waals surface area contributed by atoms with E-state index in [9.17, 15) is 0 Å². The van der Waals surface area contributed by atoms with E-state index in [1.165, 1.54) is 60.2 Å². The third kappa shape index (κ3) is 5.68. The van der Waals surface area contributed by atoms with Crippen LogP contribution >= 0.6 is 0 Å². The summed E-state index contributed by atoms with van der Waals surface area (Å²) in [7, 11) is 0. The first kappa shape index (κ1) is 32.8. The van der Waals surface area contributed by atoms with E-state index >= 15 is 0 Å². The summed E-state index contributed by atoms with van der Waals surface area (Å²) in [4.78, 5) is 10.3. The Bertz CT molecular complexity index is 3270. The molecule has 0 N–H and O–H groups in total. The van der Waals surface area contributed by atoms with Crippen LogP contribution in [-0.2, 0) is 0 Å². The fraction of sp³-hybridized carbons (Fsp3) is 0. The molecule has 0 aliphatic rings. The Morgan fingerprint density at radius 2 is 0.912 bits per heavy atom. The molecule has 2 heterocycles. The van der Waals surface area contributed by atoms with Gasteiger partial charge in [0.15, 0.2) is 5.82 Å². The van der Waals surface area contributed by atoms with Gasteiger partial charge in [-0.05, 0) is 57.3 Å². The highest BCUT2D eigenvalue weighted by Crippen LogP contribution is 2.41. The number of fused-ring (bicyclic) bond motifs is 6. The summed E-state index contributed by atoms with van der Waals surface area (Å²) in [5.41, 5.74) is 13.1. The SMILES string of the molecule is c1ccc(-c2cccc(-c3cc(-c4ccccc4)nc(-c4ccc(-c5ccc(-n6c7ccccc7c7ccc8ccccc8c76)c6ccccc56)cc4)n3)c2)cc1. The molecule has 0 radical (unpaired) electrons. The summed E-state index contributed by atoms with van der Waals surface area (Å²) in [6, 6.07) is 75.6. The van der Waals surface area contributed by atoms with E-state index in [1.807, 2.05) is 12.1 Å². The minimum Gasteiger partial charge on any atom is -0.308 e. The zero-order valence-electron chi connectivity index (χ0n) is 31.0. The van der Waals surface area contributed by atoms with Gasteiger partial charge in [-0.25, -0.2) is 9.97 Å². The molecule has 11 rings (SSSR count). The number of para-hydroxylation sites is 1. The quantitative estimate of drug-likeness (QED) is 0.171. The Balaban J connectivity index is 1.03. The first-order valence-electron chi connectivity index (χ1n) is 19.4. The van der Waals surface area contributed by atoms with Crippen molar-refractivity contribution in [1.82, 2.24) is 14.5 Å². The maximum absolute atomic E-state index is 5.18. The lowest BCUT2D eigenvalue weighted by atomic mass is 9.96. The van der Waals surface area contributed by atoms with Gasteiger partial charge in [0, 0.05) is 38.2 Å². The van der Waals surface area contributed by atoms with Gasteiger partial charge < -0.3 is 4.57 Å². The van der Waals surface area contributed by atoms with E-state index in [0.717, 1.165) is 39.2 Å². The molecule has 0 aliphatic heterocycles. The Labute approximate surface area is 330 Å². The van der Waals surface area contributed by atoms with Crippen molar-refractivity contribution in [2.24, 2.45) is 0 Å². The van der Waals surface area contributed by atoms with E-state index in [-0.39, 0.29) is 0 Å². The first-order chi connectivity index (χ1) is 28.3. The maximum atomic E-state index is 5.18. The molecule has 3 nitrogen and oxygen atoms in total. The zero-order valence-corrected chi connectivity index (χ0v) is 31.0. The molecule has 3 heteroatoms. The van der Waals surface area contributed by atoms with Crippen LogP contribution in [0.3, 0.4) is 0 Å². The van der Waals surface area contributed by atoms with Crippen molar-refractivity contribution >= 4 is 43.4 Å². The minimum absolute atomic E-state index is 0.696. The van der Waals surface area contributed by atoms with Gasteiger partial charge in [-0.15, -0.1) is 0 Å². The highest BCUT2D eigenvalue weighted by atomic mass is 15.0. The first-order valence-corrected chi connectivity index (χ1v) is 19.4. The fourth-order valence-corrected chi connectivity index (χ4v) is 8.48. The highest BCUT2D eigenvalue weighted by Gasteiger charge is 2.18. The Morgan fingerprint density at radius 1 is 0.316 bits per heavy atom. The van der Waals surface area contributed by atoms with Crippen molar-refractivity contribution in [3.05, 3.63) is 212 Å². The van der Waals surface area contributed by atoms with Crippen molar-refractivity contribution in [3.8, 4) is 61.8 Å². The summed E-state index contributed by atoms with van der Waals surface area (Å²) < 4.78 is 2.46. The van der Waals surface area contributed by atoms with Crippen molar-refractivity contribution in [3.63, 3.8) is 0 Å². The van der Waals surface area contributed by atoms with Crippen LogP contribution in [0.1, 0.15) is 0 Å². The lowest BCUT2D eigenvalue weighted by molar-refractivity contribution is 1.18. The predicted molar refractivity (Wildman–Crippen MR) is 239 cm³/mol. The summed E-state index contributed by atoms with van der Waals surface area (Å²) in [6.45, 7) is 0. The second kappa shape index (κ2) is 13.6. The normalized spacial score (nSPS) is 11.5. The number of hydrogen-bond acceptors (Lipinski definition) is 2. The van der Waals surface area contributed by atoms with Crippen LogP contribution in [0.25, 0.3) is 105 Å². The van der Waals surface area contributed by atoms with Gasteiger partial charge in [0.05, 0.1) is 28.1 Å². The molecule has 0 aliphatic carbocycles. The molecule has 9 aromatic carbocycles. The van der Waals surface area contributed by atoms with Crippen molar-refractivity contribution in [2.75, 3.05) is 0 Å². The van der Waals surface area contributed by atoms with Crippen LogP contribution < -0.4 is 0 Å². The molecule has 2 aromatic heterocycles. The van der Waals surface area contributed by atoms with Crippen LogP contribution in [0, 0.1) is 0 Å². The van der Waals surface area contributed by atoms with Gasteiger partial charge in [0.1, 0.15) is 0 Å². The zero-order chi connectivity index (χ0) is 37.7. The highest BCUT2D eigenvalue weighted by molar-refractivity contribution is 6.19. The molecular formula is C54H35N3. The average Bonchev–Trinajstić information content (AvgIpc) is 3.64. The monoisotopic (exact) mass is 725 g/mol. The van der Waals surface area contributed by atoms with Gasteiger partial charge in [-0.3, -0.25) is 0 Å². The number of nitrogens with zero attached hydrogens (tertiary/aromatic N) is 3. The molecule has 11 aromatic rings. The summed E-state index contributed by atoms with van der Waals surface area (Å²) in [5, 5.41) is 7.42. The Morgan fingerprint density at radius 3 is 1.70 bits per heavy atom. The lowest BCUT2D eigenvalue weighted by Crippen LogP contribution is -1.97. The van der Waals surface area contributed by atoms with Crippen LogP contribution in [0.4, 0.5) is 0 Å². The van der Waals surface area contributed by atoms with Crippen LogP contribution in [0.15, 0.2) is 212 Å². The van der Waals surface area contributed by atoms with E-state index in [2.05, 4.69) is 205 Å². The van der Waals surface area contributed by atoms with E-state index in [4.69, 9.17) is 9.97 Å². The molecule has 0 atom stereocenters. The number of hydrogen-bond donors (Lipinski definition) is 0. The predicted octanol–water partition coefficient (Wildman–Crippen LogP) is 14.2. The number of rotatable bonds is 6. The van der Waals surface area contributed by atoms with Crippen LogP contribution in [-0.4, -0.2) is 14.5 Å². The van der Waals surface area contributed by atoms with Crippen LogP contribution in [0.2, 0.25) is 0 Å². The van der Waals surface area contributed by atoms with Crippen molar-refractivity contribution < 1.29 is 0 Å². The molecule has 0 amide bonds. The summed E-state index contributed by atoms with van der Waals surface area (Å²) in [6.07, 6.45) is 0. The topological polar surface area (TPSA) is 30.7 Å². The van der Waals surface area contributed by atoms with Gasteiger partial charge in [0.2, 0.25) is 0 Å². The third-order valence-corrected chi connectivity index (χ3v) is 11.2. The smallest absolute Gasteiger partial charge is 0.160 e. The largest absolute Gasteiger partial charge is 0.308 e. The Kier molecular flexibility index (Phi) is 7.82. The molecule has 0 bridgehead atoms. The number of benzene rings is 9. The lowest BCUT2D eigenvalue weighted by Gasteiger charge is -2.16. The molecule has 0 fully saturated rings. The van der Waals surface area contributed by atoms with E-state index in [0.29, 0.717) is 5.82 Å². The van der Waals surface area contributed by atoms with Gasteiger partial charge in [-0.1, -0.05) is 188 Å². The summed E-state index contributed by atoms with van der Waals surface area (Å²) >= 11 is 0. The third-order valence-electron chi connectivity index (χ3n) is 11.2. The van der Waals surface area contributed by atoms with Crippen molar-refractivity contribution in [2.45, 2.75) is 0 Å².